The number of quaternary nitrogens is 1. The number of hydrogen-bond acceptors (Lipinski definition) is 5. The molecule has 1 saturated heterocycles. The van der Waals surface area contributed by atoms with Crippen LogP contribution in [0.15, 0.2) is 34.9 Å². The van der Waals surface area contributed by atoms with Gasteiger partial charge in [0.1, 0.15) is 11.5 Å². The van der Waals surface area contributed by atoms with E-state index in [1.807, 2.05) is 12.1 Å². The highest BCUT2D eigenvalue weighted by molar-refractivity contribution is 5.90. The number of aromatic nitrogens is 1. The van der Waals surface area contributed by atoms with Gasteiger partial charge in [-0.05, 0) is 31.2 Å². The van der Waals surface area contributed by atoms with Crippen LogP contribution in [-0.2, 0) is 4.79 Å². The van der Waals surface area contributed by atoms with Crippen molar-refractivity contribution in [1.82, 2.24) is 5.16 Å². The van der Waals surface area contributed by atoms with Gasteiger partial charge in [-0.3, -0.25) is 4.79 Å². The molecule has 7 nitrogen and oxygen atoms in total. The number of carbonyl (C=O) groups excluding carboxylic acids is 1. The molecule has 7 heteroatoms. The first-order chi connectivity index (χ1) is 11.1. The molecule has 3 N–H and O–H groups in total. The maximum absolute atomic E-state index is 12.0. The van der Waals surface area contributed by atoms with E-state index in [0.29, 0.717) is 18.1 Å². The van der Waals surface area contributed by atoms with Crippen LogP contribution < -0.4 is 15.1 Å². The molecule has 122 valence electrons. The summed E-state index contributed by atoms with van der Waals surface area (Å²) in [6, 6.07) is 8.93. The van der Waals surface area contributed by atoms with Crippen molar-refractivity contribution in [3.05, 3.63) is 36.1 Å². The van der Waals surface area contributed by atoms with Crippen LogP contribution in [0.3, 0.4) is 0 Å². The van der Waals surface area contributed by atoms with Crippen molar-refractivity contribution < 1.29 is 19.3 Å². The molecule has 1 aromatic heterocycles. The number of hydrogen-bond donors (Lipinski definition) is 3. The predicted octanol–water partition coefficient (Wildman–Crippen LogP) is 0.0322. The Hall–Kier alpha value is -2.54. The molecule has 0 unspecified atom stereocenters. The summed E-state index contributed by atoms with van der Waals surface area (Å²) in [6.45, 7) is 5.77. The standard InChI is InChI=1S/C16H20N4O3/c1-12-10-15(18-23-12)17-16(22)11-19-6-8-20(9-7-19)13-2-4-14(21)5-3-13/h2-5,10,21H,6-9,11H2,1H3,(H,17,18,22)/p+1. The van der Waals surface area contributed by atoms with Gasteiger partial charge in [0.25, 0.3) is 5.91 Å². The van der Waals surface area contributed by atoms with Gasteiger partial charge in [0.05, 0.1) is 26.2 Å². The Morgan fingerprint density at radius 3 is 2.65 bits per heavy atom. The lowest BCUT2D eigenvalue weighted by molar-refractivity contribution is -0.892. The quantitative estimate of drug-likeness (QED) is 0.741. The molecule has 0 radical (unpaired) electrons. The average Bonchev–Trinajstić information content (AvgIpc) is 2.94. The van der Waals surface area contributed by atoms with E-state index in [1.165, 1.54) is 4.90 Å². The third-order valence-electron chi connectivity index (χ3n) is 3.99. The van der Waals surface area contributed by atoms with E-state index in [4.69, 9.17) is 4.52 Å². The summed E-state index contributed by atoms with van der Waals surface area (Å²) < 4.78 is 4.93. The average molecular weight is 317 g/mol. The van der Waals surface area contributed by atoms with Gasteiger partial charge < -0.3 is 24.7 Å². The molecule has 1 amide bonds. The third kappa shape index (κ3) is 4.01. The third-order valence-corrected chi connectivity index (χ3v) is 3.99. The minimum absolute atomic E-state index is 0.0496. The predicted molar refractivity (Wildman–Crippen MR) is 85.8 cm³/mol. The summed E-state index contributed by atoms with van der Waals surface area (Å²) in [4.78, 5) is 15.5. The van der Waals surface area contributed by atoms with Crippen LogP contribution in [0.25, 0.3) is 0 Å². The summed E-state index contributed by atoms with van der Waals surface area (Å²) in [7, 11) is 0. The first kappa shape index (κ1) is 15.4. The van der Waals surface area contributed by atoms with Crippen LogP contribution in [0.4, 0.5) is 11.5 Å². The highest BCUT2D eigenvalue weighted by Crippen LogP contribution is 2.18. The van der Waals surface area contributed by atoms with Gasteiger partial charge >= 0.3 is 0 Å². The molecular weight excluding hydrogens is 296 g/mol. The van der Waals surface area contributed by atoms with Gasteiger partial charge in [-0.15, -0.1) is 0 Å². The molecule has 1 fully saturated rings. The van der Waals surface area contributed by atoms with Crippen molar-refractivity contribution in [2.24, 2.45) is 0 Å². The molecule has 2 aromatic rings. The van der Waals surface area contributed by atoms with Crippen molar-refractivity contribution in [3.8, 4) is 5.75 Å². The van der Waals surface area contributed by atoms with Crippen LogP contribution in [0, 0.1) is 6.92 Å². The van der Waals surface area contributed by atoms with E-state index < -0.39 is 0 Å². The maximum atomic E-state index is 12.0. The molecule has 0 saturated carbocycles. The first-order valence-electron chi connectivity index (χ1n) is 7.71. The van der Waals surface area contributed by atoms with Crippen LogP contribution in [0.1, 0.15) is 5.76 Å². The van der Waals surface area contributed by atoms with Crippen molar-refractivity contribution in [1.29, 1.82) is 0 Å². The van der Waals surface area contributed by atoms with Gasteiger partial charge in [0.2, 0.25) is 0 Å². The second-order valence-electron chi connectivity index (χ2n) is 5.80. The SMILES string of the molecule is Cc1cc(NC(=O)C[NH+]2CCN(c3ccc(O)cc3)CC2)no1. The Morgan fingerprint density at radius 1 is 1.35 bits per heavy atom. The zero-order chi connectivity index (χ0) is 16.2. The smallest absolute Gasteiger partial charge is 0.280 e. The van der Waals surface area contributed by atoms with E-state index in [2.05, 4.69) is 15.4 Å². The number of amides is 1. The molecule has 2 heterocycles. The normalized spacial score (nSPS) is 15.6. The number of nitrogens with zero attached hydrogens (tertiary/aromatic N) is 2. The molecule has 1 aliphatic heterocycles. The lowest BCUT2D eigenvalue weighted by Crippen LogP contribution is -3.15. The summed E-state index contributed by atoms with van der Waals surface area (Å²) in [6.07, 6.45) is 0. The van der Waals surface area contributed by atoms with E-state index in [0.717, 1.165) is 31.9 Å². The molecule has 0 aliphatic carbocycles. The summed E-state index contributed by atoms with van der Waals surface area (Å²) >= 11 is 0. The van der Waals surface area contributed by atoms with Gasteiger partial charge in [0, 0.05) is 11.8 Å². The lowest BCUT2D eigenvalue weighted by Gasteiger charge is -2.33. The number of aromatic hydroxyl groups is 1. The van der Waals surface area contributed by atoms with Crippen molar-refractivity contribution in [2.75, 3.05) is 42.9 Å². The highest BCUT2D eigenvalue weighted by Gasteiger charge is 2.22. The number of carbonyl (C=O) groups is 1. The van der Waals surface area contributed by atoms with Crippen LogP contribution >= 0.6 is 0 Å². The fourth-order valence-corrected chi connectivity index (χ4v) is 2.76. The number of anilines is 2. The number of piperazine rings is 1. The summed E-state index contributed by atoms with van der Waals surface area (Å²) in [5.41, 5.74) is 1.10. The van der Waals surface area contributed by atoms with Gasteiger partial charge in [-0.1, -0.05) is 5.16 Å². The Morgan fingerprint density at radius 2 is 2.04 bits per heavy atom. The van der Waals surface area contributed by atoms with E-state index in [1.54, 1.807) is 25.1 Å². The molecular formula is C16H21N4O3+. The van der Waals surface area contributed by atoms with E-state index in [-0.39, 0.29) is 11.7 Å². The molecule has 1 aliphatic rings. The Balaban J connectivity index is 1.47. The number of nitrogens with one attached hydrogen (secondary N) is 2. The van der Waals surface area contributed by atoms with Gasteiger partial charge in [0.15, 0.2) is 12.4 Å². The summed E-state index contributed by atoms with van der Waals surface area (Å²) in [5, 5.41) is 15.9. The van der Waals surface area contributed by atoms with Crippen LogP contribution in [0.5, 0.6) is 5.75 Å². The zero-order valence-corrected chi connectivity index (χ0v) is 13.1. The molecule has 0 atom stereocenters. The van der Waals surface area contributed by atoms with Crippen molar-refractivity contribution in [2.45, 2.75) is 6.92 Å². The Kier molecular flexibility index (Phi) is 4.47. The maximum Gasteiger partial charge on any atom is 0.280 e. The fourth-order valence-electron chi connectivity index (χ4n) is 2.76. The highest BCUT2D eigenvalue weighted by atomic mass is 16.5. The zero-order valence-electron chi connectivity index (χ0n) is 13.1. The van der Waals surface area contributed by atoms with Gasteiger partial charge in [-0.2, -0.15) is 0 Å². The second-order valence-corrected chi connectivity index (χ2v) is 5.80. The number of rotatable bonds is 4. The molecule has 0 spiro atoms. The molecule has 23 heavy (non-hydrogen) atoms. The Labute approximate surface area is 134 Å². The van der Waals surface area contributed by atoms with E-state index >= 15 is 0 Å². The minimum Gasteiger partial charge on any atom is -0.508 e. The monoisotopic (exact) mass is 317 g/mol. The minimum atomic E-state index is -0.0496. The first-order valence-corrected chi connectivity index (χ1v) is 7.71. The summed E-state index contributed by atoms with van der Waals surface area (Å²) in [5.74, 6) is 1.37. The Bertz CT molecular complexity index is 660. The number of aryl methyl sites for hydroxylation is 1. The molecule has 0 bridgehead atoms. The van der Waals surface area contributed by atoms with Crippen molar-refractivity contribution >= 4 is 17.4 Å². The molecule has 3 rings (SSSR count). The second kappa shape index (κ2) is 6.70. The van der Waals surface area contributed by atoms with Crippen LogP contribution in [-0.4, -0.2) is 48.9 Å². The van der Waals surface area contributed by atoms with Gasteiger partial charge in [-0.25, -0.2) is 0 Å². The number of benzene rings is 1. The number of phenolic OH excluding ortho intramolecular Hbond substituents is 1. The topological polar surface area (TPSA) is 83.0 Å². The molecule has 1 aromatic carbocycles. The fraction of sp³-hybridized carbons (Fsp3) is 0.375. The largest absolute Gasteiger partial charge is 0.508 e. The van der Waals surface area contributed by atoms with Crippen molar-refractivity contribution in [3.63, 3.8) is 0 Å². The van der Waals surface area contributed by atoms with E-state index in [9.17, 15) is 9.90 Å². The van der Waals surface area contributed by atoms with Crippen LogP contribution in [0.2, 0.25) is 0 Å². The number of phenols is 1. The lowest BCUT2D eigenvalue weighted by atomic mass is 10.2.